The van der Waals surface area contributed by atoms with Crippen LogP contribution in [-0.2, 0) is 22.7 Å². The van der Waals surface area contributed by atoms with Gasteiger partial charge in [-0.2, -0.15) is 0 Å². The number of carbonyl (C=O) groups is 1. The van der Waals surface area contributed by atoms with Gasteiger partial charge in [0.05, 0.1) is 13.2 Å². The number of rotatable bonds is 9. The third-order valence-corrected chi connectivity index (χ3v) is 4.13. The first kappa shape index (κ1) is 22.7. The Balaban J connectivity index is 0.00000338. The van der Waals surface area contributed by atoms with Gasteiger partial charge in [0, 0.05) is 39.7 Å². The molecule has 1 fully saturated rings. The predicted molar refractivity (Wildman–Crippen MR) is 116 cm³/mol. The SMILES string of the molecule is CCNC(=NCc1cccc(COC)c1)NCCCN1CCCC1=O.I. The van der Waals surface area contributed by atoms with Crippen molar-refractivity contribution in [2.24, 2.45) is 4.99 Å². The van der Waals surface area contributed by atoms with Crippen LogP contribution in [0.15, 0.2) is 29.3 Å². The van der Waals surface area contributed by atoms with Crippen molar-refractivity contribution in [2.75, 3.05) is 33.3 Å². The molecule has 1 saturated heterocycles. The van der Waals surface area contributed by atoms with Gasteiger partial charge in [-0.25, -0.2) is 4.99 Å². The van der Waals surface area contributed by atoms with E-state index < -0.39 is 0 Å². The third kappa shape index (κ3) is 7.90. The number of benzene rings is 1. The largest absolute Gasteiger partial charge is 0.380 e. The fourth-order valence-electron chi connectivity index (χ4n) is 2.91. The molecule has 1 aliphatic heterocycles. The fourth-order valence-corrected chi connectivity index (χ4v) is 2.91. The summed E-state index contributed by atoms with van der Waals surface area (Å²) in [6.45, 7) is 6.65. The molecule has 0 saturated carbocycles. The number of halogens is 1. The van der Waals surface area contributed by atoms with E-state index in [4.69, 9.17) is 4.74 Å². The van der Waals surface area contributed by atoms with E-state index in [1.54, 1.807) is 7.11 Å². The van der Waals surface area contributed by atoms with Crippen LogP contribution in [0.1, 0.15) is 37.3 Å². The lowest BCUT2D eigenvalue weighted by Crippen LogP contribution is -2.39. The highest BCUT2D eigenvalue weighted by molar-refractivity contribution is 14.0. The number of hydrogen-bond acceptors (Lipinski definition) is 3. The highest BCUT2D eigenvalue weighted by Crippen LogP contribution is 2.09. The average molecular weight is 474 g/mol. The van der Waals surface area contributed by atoms with Gasteiger partial charge in [0.15, 0.2) is 5.96 Å². The molecule has 0 aromatic heterocycles. The second-order valence-corrected chi connectivity index (χ2v) is 6.21. The Morgan fingerprint density at radius 1 is 1.31 bits per heavy atom. The molecule has 7 heteroatoms. The maximum Gasteiger partial charge on any atom is 0.222 e. The number of likely N-dealkylation sites (tertiary alicyclic amines) is 1. The summed E-state index contributed by atoms with van der Waals surface area (Å²) in [5.74, 6) is 1.10. The molecule has 1 aromatic carbocycles. The van der Waals surface area contributed by atoms with Gasteiger partial charge in [0.2, 0.25) is 5.91 Å². The van der Waals surface area contributed by atoms with Gasteiger partial charge >= 0.3 is 0 Å². The normalized spacial score (nSPS) is 14.3. The number of nitrogens with zero attached hydrogens (tertiary/aromatic N) is 2. The van der Waals surface area contributed by atoms with Gasteiger partial charge < -0.3 is 20.3 Å². The van der Waals surface area contributed by atoms with Crippen molar-refractivity contribution in [1.29, 1.82) is 0 Å². The zero-order valence-corrected chi connectivity index (χ0v) is 18.1. The second-order valence-electron chi connectivity index (χ2n) is 6.21. The van der Waals surface area contributed by atoms with Crippen molar-refractivity contribution in [3.8, 4) is 0 Å². The van der Waals surface area contributed by atoms with Crippen LogP contribution in [0.3, 0.4) is 0 Å². The molecule has 2 rings (SSSR count). The second kappa shape index (κ2) is 12.9. The van der Waals surface area contributed by atoms with Crippen molar-refractivity contribution in [3.05, 3.63) is 35.4 Å². The third-order valence-electron chi connectivity index (χ3n) is 4.13. The van der Waals surface area contributed by atoms with Gasteiger partial charge in [0.25, 0.3) is 0 Å². The molecule has 1 heterocycles. The molecule has 1 amide bonds. The van der Waals surface area contributed by atoms with Gasteiger partial charge in [-0.15, -0.1) is 24.0 Å². The Bertz CT molecular complexity index is 580. The number of methoxy groups -OCH3 is 1. The Morgan fingerprint density at radius 2 is 2.12 bits per heavy atom. The number of guanidine groups is 1. The molecule has 0 radical (unpaired) electrons. The molecule has 0 aliphatic carbocycles. The first-order valence-corrected chi connectivity index (χ1v) is 9.09. The van der Waals surface area contributed by atoms with Crippen LogP contribution in [-0.4, -0.2) is 50.1 Å². The van der Waals surface area contributed by atoms with Gasteiger partial charge in [-0.05, 0) is 30.9 Å². The highest BCUT2D eigenvalue weighted by Gasteiger charge is 2.18. The van der Waals surface area contributed by atoms with Crippen LogP contribution in [0.25, 0.3) is 0 Å². The van der Waals surface area contributed by atoms with Crippen LogP contribution in [0, 0.1) is 0 Å². The summed E-state index contributed by atoms with van der Waals surface area (Å²) in [4.78, 5) is 18.2. The van der Waals surface area contributed by atoms with Crippen LogP contribution >= 0.6 is 24.0 Å². The van der Waals surface area contributed by atoms with Crippen molar-refractivity contribution in [3.63, 3.8) is 0 Å². The molecule has 1 aliphatic rings. The molecule has 146 valence electrons. The van der Waals surface area contributed by atoms with Crippen LogP contribution in [0.2, 0.25) is 0 Å². The zero-order chi connectivity index (χ0) is 17.9. The quantitative estimate of drug-likeness (QED) is 0.250. The number of ether oxygens (including phenoxy) is 1. The summed E-state index contributed by atoms with van der Waals surface area (Å²) >= 11 is 0. The minimum Gasteiger partial charge on any atom is -0.380 e. The first-order valence-electron chi connectivity index (χ1n) is 9.09. The molecule has 0 spiro atoms. The van der Waals surface area contributed by atoms with Crippen molar-refractivity contribution >= 4 is 35.8 Å². The van der Waals surface area contributed by atoms with E-state index in [0.29, 0.717) is 19.6 Å². The van der Waals surface area contributed by atoms with Crippen LogP contribution in [0.4, 0.5) is 0 Å². The van der Waals surface area contributed by atoms with E-state index in [1.165, 1.54) is 0 Å². The van der Waals surface area contributed by atoms with Crippen LogP contribution in [0.5, 0.6) is 0 Å². The van der Waals surface area contributed by atoms with Crippen molar-refractivity contribution in [1.82, 2.24) is 15.5 Å². The maximum atomic E-state index is 11.6. The van der Waals surface area contributed by atoms with Crippen molar-refractivity contribution in [2.45, 2.75) is 39.3 Å². The molecular weight excluding hydrogens is 443 g/mol. The summed E-state index contributed by atoms with van der Waals surface area (Å²) in [6, 6.07) is 8.28. The molecule has 2 N–H and O–H groups in total. The van der Waals surface area contributed by atoms with E-state index >= 15 is 0 Å². The van der Waals surface area contributed by atoms with E-state index in [1.807, 2.05) is 11.0 Å². The minimum absolute atomic E-state index is 0. The molecule has 6 nitrogen and oxygen atoms in total. The monoisotopic (exact) mass is 474 g/mol. The van der Waals surface area contributed by atoms with E-state index in [0.717, 1.165) is 56.1 Å². The molecule has 26 heavy (non-hydrogen) atoms. The lowest BCUT2D eigenvalue weighted by Gasteiger charge is -2.16. The first-order chi connectivity index (χ1) is 12.2. The lowest BCUT2D eigenvalue weighted by molar-refractivity contribution is -0.127. The maximum absolute atomic E-state index is 11.6. The summed E-state index contributed by atoms with van der Waals surface area (Å²) in [6.07, 6.45) is 2.64. The summed E-state index contributed by atoms with van der Waals surface area (Å²) < 4.78 is 5.17. The Hall–Kier alpha value is -1.35. The smallest absolute Gasteiger partial charge is 0.222 e. The molecule has 0 unspecified atom stereocenters. The van der Waals surface area contributed by atoms with Crippen LogP contribution < -0.4 is 10.6 Å². The number of hydrogen-bond donors (Lipinski definition) is 2. The van der Waals surface area contributed by atoms with Gasteiger partial charge in [0.1, 0.15) is 0 Å². The fraction of sp³-hybridized carbons (Fsp3) is 0.579. The summed E-state index contributed by atoms with van der Waals surface area (Å²) in [5, 5.41) is 6.61. The lowest BCUT2D eigenvalue weighted by atomic mass is 10.1. The summed E-state index contributed by atoms with van der Waals surface area (Å²) in [7, 11) is 1.70. The Kier molecular flexibility index (Phi) is 11.3. The average Bonchev–Trinajstić information content (AvgIpc) is 3.02. The molecule has 0 atom stereocenters. The van der Waals surface area contributed by atoms with Gasteiger partial charge in [-0.1, -0.05) is 24.3 Å². The standard InChI is InChI=1S/C19H30N4O2.HI/c1-3-20-19(21-10-6-12-23-11-5-9-18(23)24)22-14-16-7-4-8-17(13-16)15-25-2;/h4,7-8,13H,3,5-6,9-12,14-15H2,1-2H3,(H2,20,21,22);1H. The van der Waals surface area contributed by atoms with E-state index in [2.05, 4.69) is 40.7 Å². The zero-order valence-electron chi connectivity index (χ0n) is 15.8. The topological polar surface area (TPSA) is 66.0 Å². The molecule has 1 aromatic rings. The number of nitrogens with one attached hydrogen (secondary N) is 2. The number of amides is 1. The highest BCUT2D eigenvalue weighted by atomic mass is 127. The molecular formula is C19H31IN4O2. The predicted octanol–water partition coefficient (Wildman–Crippen LogP) is 2.52. The van der Waals surface area contributed by atoms with E-state index in [9.17, 15) is 4.79 Å². The molecule has 0 bridgehead atoms. The number of aliphatic imine (C=N–C) groups is 1. The minimum atomic E-state index is 0. The number of carbonyl (C=O) groups excluding carboxylic acids is 1. The van der Waals surface area contributed by atoms with Gasteiger partial charge in [-0.3, -0.25) is 4.79 Å². The Labute approximate surface area is 173 Å². The summed E-state index contributed by atoms with van der Waals surface area (Å²) in [5.41, 5.74) is 2.32. The Morgan fingerprint density at radius 3 is 2.81 bits per heavy atom. The van der Waals surface area contributed by atoms with E-state index in [-0.39, 0.29) is 29.9 Å². The van der Waals surface area contributed by atoms with Crippen molar-refractivity contribution < 1.29 is 9.53 Å².